The molecule has 0 N–H and O–H groups in total. The molecule has 4 heterocycles. The van der Waals surface area contributed by atoms with E-state index in [1.165, 1.54) is 11.8 Å². The number of likely N-dealkylation sites (tertiary alicyclic amines) is 1. The van der Waals surface area contributed by atoms with E-state index in [9.17, 15) is 14.4 Å². The molecule has 3 amide bonds. The molecule has 0 unspecified atom stereocenters. The van der Waals surface area contributed by atoms with Crippen LogP contribution in [-0.2, 0) is 19.9 Å². The number of piperazine rings is 1. The first-order valence-electron chi connectivity index (χ1n) is 15.6. The van der Waals surface area contributed by atoms with Gasteiger partial charge in [-0.05, 0) is 79.8 Å². The van der Waals surface area contributed by atoms with Crippen LogP contribution in [-0.4, -0.2) is 80.8 Å². The van der Waals surface area contributed by atoms with Gasteiger partial charge in [0, 0.05) is 54.9 Å². The monoisotopic (exact) mass is 667 g/mol. The summed E-state index contributed by atoms with van der Waals surface area (Å²) in [5.74, 6) is -0.108. The van der Waals surface area contributed by atoms with E-state index in [0.29, 0.717) is 47.6 Å². The minimum atomic E-state index is -0.652. The molecule has 45 heavy (non-hydrogen) atoms. The molecule has 4 atom stereocenters. The van der Waals surface area contributed by atoms with Crippen molar-refractivity contribution in [1.29, 1.82) is 0 Å². The van der Waals surface area contributed by atoms with Crippen molar-refractivity contribution in [2.24, 2.45) is 10.9 Å². The number of amides is 3. The molecule has 0 spiro atoms. The van der Waals surface area contributed by atoms with Crippen molar-refractivity contribution in [2.75, 3.05) is 26.2 Å². The minimum absolute atomic E-state index is 0.0174. The molecule has 4 aliphatic rings. The van der Waals surface area contributed by atoms with E-state index in [-0.39, 0.29) is 35.7 Å². The molecule has 0 bridgehead atoms. The molecule has 238 valence electrons. The van der Waals surface area contributed by atoms with Crippen LogP contribution >= 0.6 is 35.0 Å². The van der Waals surface area contributed by atoms with Gasteiger partial charge in [0.25, 0.3) is 5.91 Å². The number of rotatable bonds is 5. The summed E-state index contributed by atoms with van der Waals surface area (Å²) in [6.45, 7) is 11.9. The Balaban J connectivity index is 1.33. The molecular formula is C34H39Cl2N5O3S. The van der Waals surface area contributed by atoms with Crippen LogP contribution < -0.4 is 0 Å². The highest BCUT2D eigenvalue weighted by Crippen LogP contribution is 2.56. The van der Waals surface area contributed by atoms with E-state index in [4.69, 9.17) is 28.2 Å². The normalized spacial score (nSPS) is 26.6. The van der Waals surface area contributed by atoms with Gasteiger partial charge in [-0.2, -0.15) is 0 Å². The van der Waals surface area contributed by atoms with Crippen molar-refractivity contribution in [3.8, 4) is 0 Å². The number of halogens is 2. The smallest absolute Gasteiger partial charge is 0.263 e. The molecular weight excluding hydrogens is 629 g/mol. The number of fused-ring (bicyclic) bond motifs is 1. The van der Waals surface area contributed by atoms with Crippen LogP contribution in [0.15, 0.2) is 64.1 Å². The first-order chi connectivity index (χ1) is 21.4. The number of carbonyl (C=O) groups is 3. The standard InChI is InChI=1S/C34H39Cl2N5O3S/c1-20(2)28-29(32(44)40-16-6-7-27(40)31(43)38-17-18-39(22(4)42)21(3)19-38)45-33-37-34(5,24-10-14-26(36)15-11-24)30(41(28)33)23-8-12-25(35)13-9-23/h8-15,20-21,27,30H,6-7,16-19H2,1-5H3/t21-,27+,30-,34+/m1/s1. The van der Waals surface area contributed by atoms with E-state index in [0.717, 1.165) is 28.4 Å². The summed E-state index contributed by atoms with van der Waals surface area (Å²) in [6, 6.07) is 14.9. The maximum atomic E-state index is 14.5. The Hall–Kier alpha value is -3.01. The second-order valence-electron chi connectivity index (χ2n) is 12.8. The maximum absolute atomic E-state index is 14.5. The number of allylic oxidation sites excluding steroid dienone is 1. The molecule has 0 aromatic heterocycles. The van der Waals surface area contributed by atoms with Gasteiger partial charge in [0.15, 0.2) is 5.17 Å². The fraction of sp³-hybridized carbons (Fsp3) is 0.471. The Labute approximate surface area is 279 Å². The second-order valence-corrected chi connectivity index (χ2v) is 14.7. The van der Waals surface area contributed by atoms with Gasteiger partial charge in [-0.1, -0.05) is 61.3 Å². The summed E-state index contributed by atoms with van der Waals surface area (Å²) >= 11 is 14.0. The average Bonchev–Trinajstić information content (AvgIpc) is 3.70. The lowest BCUT2D eigenvalue weighted by atomic mass is 9.81. The van der Waals surface area contributed by atoms with Gasteiger partial charge >= 0.3 is 0 Å². The number of benzene rings is 2. The molecule has 0 saturated carbocycles. The SMILES string of the molecule is CC(=O)N1CCN(C(=O)[C@@H]2CCCN2C(=O)C2=C(C(C)C)N3C(=N[C@@](C)(c4ccc(Cl)cc4)[C@H]3c3ccc(Cl)cc3)S2)C[C@H]1C. The van der Waals surface area contributed by atoms with Gasteiger partial charge in [-0.15, -0.1) is 0 Å². The summed E-state index contributed by atoms with van der Waals surface area (Å²) in [5.41, 5.74) is 2.33. The minimum Gasteiger partial charge on any atom is -0.337 e. The molecule has 8 nitrogen and oxygen atoms in total. The molecule has 4 aliphatic heterocycles. The molecule has 6 rings (SSSR count). The van der Waals surface area contributed by atoms with Gasteiger partial charge in [0.1, 0.15) is 16.5 Å². The predicted octanol–water partition coefficient (Wildman–Crippen LogP) is 6.31. The third-order valence-electron chi connectivity index (χ3n) is 9.51. The van der Waals surface area contributed by atoms with Gasteiger partial charge in [0.2, 0.25) is 11.8 Å². The molecule has 2 saturated heterocycles. The zero-order valence-electron chi connectivity index (χ0n) is 26.3. The number of carbonyl (C=O) groups excluding carboxylic acids is 3. The molecule has 0 radical (unpaired) electrons. The second kappa shape index (κ2) is 12.3. The Kier molecular flexibility index (Phi) is 8.74. The summed E-state index contributed by atoms with van der Waals surface area (Å²) in [4.78, 5) is 53.9. The van der Waals surface area contributed by atoms with Crippen LogP contribution in [0, 0.1) is 5.92 Å². The third-order valence-corrected chi connectivity index (χ3v) is 11.1. The van der Waals surface area contributed by atoms with Gasteiger partial charge < -0.3 is 19.6 Å². The summed E-state index contributed by atoms with van der Waals surface area (Å²) in [7, 11) is 0. The fourth-order valence-corrected chi connectivity index (χ4v) is 8.91. The lowest BCUT2D eigenvalue weighted by molar-refractivity contribution is -0.146. The molecule has 2 aromatic carbocycles. The van der Waals surface area contributed by atoms with Crippen LogP contribution in [0.2, 0.25) is 10.0 Å². The molecule has 2 aromatic rings. The van der Waals surface area contributed by atoms with E-state index in [1.807, 2.05) is 60.4 Å². The Morgan fingerprint density at radius 1 is 0.956 bits per heavy atom. The Morgan fingerprint density at radius 3 is 2.20 bits per heavy atom. The summed E-state index contributed by atoms with van der Waals surface area (Å²) in [5, 5.41) is 2.08. The lowest BCUT2D eigenvalue weighted by Gasteiger charge is -2.41. The highest BCUT2D eigenvalue weighted by atomic mass is 35.5. The first kappa shape index (κ1) is 32.0. The van der Waals surface area contributed by atoms with Crippen molar-refractivity contribution in [3.05, 3.63) is 80.3 Å². The van der Waals surface area contributed by atoms with Crippen molar-refractivity contribution in [2.45, 2.75) is 71.1 Å². The fourth-order valence-electron chi connectivity index (χ4n) is 7.30. The predicted molar refractivity (Wildman–Crippen MR) is 180 cm³/mol. The first-order valence-corrected chi connectivity index (χ1v) is 17.2. The number of thioether (sulfide) groups is 1. The largest absolute Gasteiger partial charge is 0.337 e. The number of aliphatic imine (C=N–C) groups is 1. The zero-order valence-corrected chi connectivity index (χ0v) is 28.6. The van der Waals surface area contributed by atoms with E-state index in [1.54, 1.807) is 16.7 Å². The van der Waals surface area contributed by atoms with Crippen molar-refractivity contribution in [1.82, 2.24) is 19.6 Å². The van der Waals surface area contributed by atoms with Crippen LogP contribution in [0.4, 0.5) is 0 Å². The van der Waals surface area contributed by atoms with Crippen molar-refractivity contribution >= 4 is 57.9 Å². The molecule has 0 aliphatic carbocycles. The highest BCUT2D eigenvalue weighted by Gasteiger charge is 2.54. The van der Waals surface area contributed by atoms with Crippen LogP contribution in [0.1, 0.15) is 64.6 Å². The maximum Gasteiger partial charge on any atom is 0.263 e. The number of hydrogen-bond acceptors (Lipinski definition) is 6. The van der Waals surface area contributed by atoms with Gasteiger partial charge in [-0.3, -0.25) is 14.4 Å². The van der Waals surface area contributed by atoms with Crippen LogP contribution in [0.25, 0.3) is 0 Å². The Bertz CT molecular complexity index is 1580. The van der Waals surface area contributed by atoms with Crippen molar-refractivity contribution in [3.63, 3.8) is 0 Å². The van der Waals surface area contributed by atoms with E-state index < -0.39 is 11.6 Å². The quantitative estimate of drug-likeness (QED) is 0.374. The summed E-state index contributed by atoms with van der Waals surface area (Å²) < 4.78 is 0. The summed E-state index contributed by atoms with van der Waals surface area (Å²) in [6.07, 6.45) is 1.40. The lowest BCUT2D eigenvalue weighted by Crippen LogP contribution is -2.58. The third kappa shape index (κ3) is 5.65. The van der Waals surface area contributed by atoms with E-state index in [2.05, 4.69) is 25.7 Å². The molecule has 2 fully saturated rings. The van der Waals surface area contributed by atoms with E-state index >= 15 is 0 Å². The number of amidine groups is 1. The average molecular weight is 669 g/mol. The number of nitrogens with zero attached hydrogens (tertiary/aromatic N) is 5. The number of hydrogen-bond donors (Lipinski definition) is 0. The highest BCUT2D eigenvalue weighted by molar-refractivity contribution is 8.18. The molecule has 11 heteroatoms. The van der Waals surface area contributed by atoms with Gasteiger partial charge in [0.05, 0.1) is 6.04 Å². The van der Waals surface area contributed by atoms with Crippen molar-refractivity contribution < 1.29 is 14.4 Å². The topological polar surface area (TPSA) is 76.5 Å². The Morgan fingerprint density at radius 2 is 1.60 bits per heavy atom. The van der Waals surface area contributed by atoms with Crippen LogP contribution in [0.3, 0.4) is 0 Å². The van der Waals surface area contributed by atoms with Crippen LogP contribution in [0.5, 0.6) is 0 Å². The van der Waals surface area contributed by atoms with Gasteiger partial charge in [-0.25, -0.2) is 4.99 Å². The zero-order chi connectivity index (χ0) is 32.2.